The molecule has 0 bridgehead atoms. The van der Waals surface area contributed by atoms with Gasteiger partial charge in [-0.1, -0.05) is 0 Å². The maximum Gasteiger partial charge on any atom is 0.00928 e. The van der Waals surface area contributed by atoms with Gasteiger partial charge in [-0.05, 0) is 58.3 Å². The van der Waals surface area contributed by atoms with E-state index in [1.54, 1.807) is 0 Å². The first-order chi connectivity index (χ1) is 5.86. The number of nitrogens with zero attached hydrogens (tertiary/aromatic N) is 1. The van der Waals surface area contributed by atoms with Crippen molar-refractivity contribution in [1.29, 1.82) is 0 Å². The first kappa shape index (κ1) is 8.52. The third kappa shape index (κ3) is 1.80. The van der Waals surface area contributed by atoms with E-state index in [0.717, 1.165) is 12.0 Å². The van der Waals surface area contributed by atoms with E-state index in [4.69, 9.17) is 0 Å². The Balaban J connectivity index is 1.64. The molecule has 2 fully saturated rings. The van der Waals surface area contributed by atoms with Crippen molar-refractivity contribution in [3.63, 3.8) is 0 Å². The molecule has 0 radical (unpaired) electrons. The molecule has 2 nitrogen and oxygen atoms in total. The first-order valence-electron chi connectivity index (χ1n) is 5.27. The fourth-order valence-electron chi connectivity index (χ4n) is 2.32. The van der Waals surface area contributed by atoms with Crippen molar-refractivity contribution in [2.75, 3.05) is 26.7 Å². The first-order valence-corrected chi connectivity index (χ1v) is 5.27. The van der Waals surface area contributed by atoms with Crippen LogP contribution in [0.1, 0.15) is 25.7 Å². The zero-order chi connectivity index (χ0) is 8.39. The highest BCUT2D eigenvalue weighted by molar-refractivity contribution is 4.80. The topological polar surface area (TPSA) is 15.3 Å². The van der Waals surface area contributed by atoms with Crippen molar-refractivity contribution in [2.24, 2.45) is 5.92 Å². The Morgan fingerprint density at radius 3 is 2.67 bits per heavy atom. The Labute approximate surface area is 75.3 Å². The number of likely N-dealkylation sites (tertiary alicyclic amines) is 1. The van der Waals surface area contributed by atoms with Crippen LogP contribution in [0.2, 0.25) is 0 Å². The summed E-state index contributed by atoms with van der Waals surface area (Å²) < 4.78 is 0. The maximum absolute atomic E-state index is 3.33. The predicted molar refractivity (Wildman–Crippen MR) is 51.2 cm³/mol. The molecule has 0 saturated carbocycles. The average molecular weight is 168 g/mol. The molecule has 1 unspecified atom stereocenters. The van der Waals surface area contributed by atoms with Crippen LogP contribution in [0.5, 0.6) is 0 Å². The second-order valence-electron chi connectivity index (χ2n) is 4.38. The number of nitrogens with one attached hydrogen (secondary N) is 1. The lowest BCUT2D eigenvalue weighted by atomic mass is 9.94. The van der Waals surface area contributed by atoms with Crippen LogP contribution in [0.15, 0.2) is 0 Å². The number of hydrogen-bond donors (Lipinski definition) is 1. The van der Waals surface area contributed by atoms with Gasteiger partial charge in [0.05, 0.1) is 0 Å². The lowest BCUT2D eigenvalue weighted by Gasteiger charge is -2.29. The van der Waals surface area contributed by atoms with Crippen LogP contribution in [0.4, 0.5) is 0 Å². The largest absolute Gasteiger partial charge is 0.316 e. The molecular weight excluding hydrogens is 148 g/mol. The van der Waals surface area contributed by atoms with Crippen LogP contribution in [-0.4, -0.2) is 37.6 Å². The van der Waals surface area contributed by atoms with Crippen molar-refractivity contribution in [1.82, 2.24) is 10.2 Å². The molecule has 2 aliphatic heterocycles. The molecule has 2 rings (SSSR count). The fraction of sp³-hybridized carbons (Fsp3) is 1.00. The summed E-state index contributed by atoms with van der Waals surface area (Å²) in [6.07, 6.45) is 5.74. The van der Waals surface area contributed by atoms with Crippen molar-refractivity contribution in [2.45, 2.75) is 31.7 Å². The van der Waals surface area contributed by atoms with E-state index in [0.29, 0.717) is 0 Å². The minimum atomic E-state index is 0.908. The summed E-state index contributed by atoms with van der Waals surface area (Å²) in [5, 5.41) is 3.33. The van der Waals surface area contributed by atoms with Gasteiger partial charge in [0.25, 0.3) is 0 Å². The molecule has 0 amide bonds. The van der Waals surface area contributed by atoms with Gasteiger partial charge < -0.3 is 10.2 Å². The van der Waals surface area contributed by atoms with E-state index in [9.17, 15) is 0 Å². The summed E-state index contributed by atoms with van der Waals surface area (Å²) >= 11 is 0. The molecule has 0 aromatic rings. The molecule has 12 heavy (non-hydrogen) atoms. The Morgan fingerprint density at radius 2 is 2.17 bits per heavy atom. The van der Waals surface area contributed by atoms with Gasteiger partial charge >= 0.3 is 0 Å². The summed E-state index contributed by atoms with van der Waals surface area (Å²) in [7, 11) is 2.27. The minimum absolute atomic E-state index is 0.908. The molecular formula is C10H20N2. The third-order valence-corrected chi connectivity index (χ3v) is 3.45. The van der Waals surface area contributed by atoms with Gasteiger partial charge in [-0.15, -0.1) is 0 Å². The van der Waals surface area contributed by atoms with E-state index in [1.165, 1.54) is 45.3 Å². The Kier molecular flexibility index (Phi) is 2.66. The monoisotopic (exact) mass is 168 g/mol. The van der Waals surface area contributed by atoms with Gasteiger partial charge in [-0.2, -0.15) is 0 Å². The normalized spacial score (nSPS) is 32.2. The van der Waals surface area contributed by atoms with Crippen molar-refractivity contribution in [3.8, 4) is 0 Å². The molecule has 2 saturated heterocycles. The lowest BCUT2D eigenvalue weighted by molar-refractivity contribution is 0.249. The van der Waals surface area contributed by atoms with E-state index in [-0.39, 0.29) is 0 Å². The highest BCUT2D eigenvalue weighted by Gasteiger charge is 2.23. The second kappa shape index (κ2) is 3.75. The van der Waals surface area contributed by atoms with E-state index in [1.807, 2.05) is 0 Å². The van der Waals surface area contributed by atoms with Crippen molar-refractivity contribution < 1.29 is 0 Å². The molecule has 2 aliphatic rings. The third-order valence-electron chi connectivity index (χ3n) is 3.45. The van der Waals surface area contributed by atoms with Crippen LogP contribution >= 0.6 is 0 Å². The minimum Gasteiger partial charge on any atom is -0.316 e. The van der Waals surface area contributed by atoms with E-state index >= 15 is 0 Å². The van der Waals surface area contributed by atoms with Crippen LogP contribution < -0.4 is 5.32 Å². The SMILES string of the molecule is CN1CCCC1CCC1CNC1. The lowest BCUT2D eigenvalue weighted by Crippen LogP contribution is -2.42. The average Bonchev–Trinajstić information content (AvgIpc) is 2.33. The summed E-state index contributed by atoms with van der Waals surface area (Å²) in [4.78, 5) is 2.53. The van der Waals surface area contributed by atoms with Crippen LogP contribution in [0.25, 0.3) is 0 Å². The summed E-state index contributed by atoms with van der Waals surface area (Å²) in [5.74, 6) is 0.999. The summed E-state index contributed by atoms with van der Waals surface area (Å²) in [5.41, 5.74) is 0. The highest BCUT2D eigenvalue weighted by Crippen LogP contribution is 2.22. The molecule has 0 aliphatic carbocycles. The van der Waals surface area contributed by atoms with E-state index < -0.39 is 0 Å². The summed E-state index contributed by atoms with van der Waals surface area (Å²) in [6, 6.07) is 0.908. The zero-order valence-corrected chi connectivity index (χ0v) is 8.05. The molecule has 70 valence electrons. The van der Waals surface area contributed by atoms with Gasteiger partial charge in [-0.3, -0.25) is 0 Å². The van der Waals surface area contributed by atoms with Gasteiger partial charge in [-0.25, -0.2) is 0 Å². The Bertz CT molecular complexity index is 143. The van der Waals surface area contributed by atoms with Crippen LogP contribution in [0, 0.1) is 5.92 Å². The fourth-order valence-corrected chi connectivity index (χ4v) is 2.32. The van der Waals surface area contributed by atoms with Crippen molar-refractivity contribution >= 4 is 0 Å². The van der Waals surface area contributed by atoms with Gasteiger partial charge in [0.2, 0.25) is 0 Å². The molecule has 2 heteroatoms. The molecule has 2 heterocycles. The predicted octanol–water partition coefficient (Wildman–Crippen LogP) is 1.08. The highest BCUT2D eigenvalue weighted by atomic mass is 15.1. The van der Waals surface area contributed by atoms with Gasteiger partial charge in [0.1, 0.15) is 0 Å². The van der Waals surface area contributed by atoms with Crippen molar-refractivity contribution in [3.05, 3.63) is 0 Å². The molecule has 0 aromatic carbocycles. The zero-order valence-electron chi connectivity index (χ0n) is 8.05. The number of hydrogen-bond acceptors (Lipinski definition) is 2. The summed E-state index contributed by atoms with van der Waals surface area (Å²) in [6.45, 7) is 3.88. The smallest absolute Gasteiger partial charge is 0.00928 e. The number of rotatable bonds is 3. The van der Waals surface area contributed by atoms with Gasteiger partial charge in [0, 0.05) is 6.04 Å². The molecule has 1 atom stereocenters. The molecule has 1 N–H and O–H groups in total. The Hall–Kier alpha value is -0.0800. The maximum atomic E-state index is 3.33. The molecule has 0 aromatic heterocycles. The van der Waals surface area contributed by atoms with Crippen LogP contribution in [-0.2, 0) is 0 Å². The van der Waals surface area contributed by atoms with Crippen LogP contribution in [0.3, 0.4) is 0 Å². The van der Waals surface area contributed by atoms with E-state index in [2.05, 4.69) is 17.3 Å². The second-order valence-corrected chi connectivity index (χ2v) is 4.38. The van der Waals surface area contributed by atoms with Gasteiger partial charge in [0.15, 0.2) is 0 Å². The quantitative estimate of drug-likeness (QED) is 0.678. The molecule has 0 spiro atoms. The Morgan fingerprint density at radius 1 is 1.33 bits per heavy atom. The standard InChI is InChI=1S/C10H20N2/c1-12-6-2-3-10(12)5-4-9-7-11-8-9/h9-11H,2-8H2,1H3.